The first-order valence-corrected chi connectivity index (χ1v) is 4.67. The summed E-state index contributed by atoms with van der Waals surface area (Å²) in [4.78, 5) is 3.00. The van der Waals surface area contributed by atoms with Gasteiger partial charge in [-0.1, -0.05) is 6.92 Å². The summed E-state index contributed by atoms with van der Waals surface area (Å²) in [5.74, 6) is -0.276. The maximum absolute atomic E-state index is 13.0. The summed E-state index contributed by atoms with van der Waals surface area (Å²) in [6.45, 7) is 1.89. The van der Waals surface area contributed by atoms with Crippen molar-refractivity contribution in [2.75, 3.05) is 0 Å². The Hall–Kier alpha value is -1.35. The summed E-state index contributed by atoms with van der Waals surface area (Å²) in [5.41, 5.74) is 1.62. The van der Waals surface area contributed by atoms with E-state index in [-0.39, 0.29) is 5.82 Å². The Morgan fingerprint density at radius 2 is 2.29 bits per heavy atom. The number of hydrogen-bond donors (Lipinski definition) is 2. The van der Waals surface area contributed by atoms with Crippen LogP contribution in [0.1, 0.15) is 25.0 Å². The molecular weight excluding hydrogens is 181 g/mol. The fourth-order valence-electron chi connectivity index (χ4n) is 1.61. The molecule has 2 N–H and O–H groups in total. The van der Waals surface area contributed by atoms with Gasteiger partial charge in [0.1, 0.15) is 5.82 Å². The monoisotopic (exact) mass is 193 g/mol. The lowest BCUT2D eigenvalue weighted by Gasteiger charge is -2.05. The van der Waals surface area contributed by atoms with Gasteiger partial charge >= 0.3 is 0 Å². The van der Waals surface area contributed by atoms with Gasteiger partial charge in [0.05, 0.1) is 6.10 Å². The van der Waals surface area contributed by atoms with Crippen molar-refractivity contribution in [1.82, 2.24) is 4.98 Å². The molecule has 0 unspecified atom stereocenters. The zero-order valence-corrected chi connectivity index (χ0v) is 7.92. The van der Waals surface area contributed by atoms with Crippen LogP contribution in [0, 0.1) is 5.82 Å². The highest BCUT2D eigenvalue weighted by Crippen LogP contribution is 2.26. The number of aliphatic hydroxyl groups excluding tert-OH is 1. The molecule has 0 radical (unpaired) electrons. The second-order valence-corrected chi connectivity index (χ2v) is 3.36. The van der Waals surface area contributed by atoms with Crippen molar-refractivity contribution in [3.8, 4) is 0 Å². The van der Waals surface area contributed by atoms with E-state index < -0.39 is 6.10 Å². The maximum Gasteiger partial charge on any atom is 0.123 e. The number of aromatic amines is 1. The molecule has 0 fully saturated rings. The minimum absolute atomic E-state index is 0.276. The Balaban J connectivity index is 2.61. The van der Waals surface area contributed by atoms with Gasteiger partial charge in [0.25, 0.3) is 0 Å². The molecule has 1 heterocycles. The van der Waals surface area contributed by atoms with Crippen molar-refractivity contribution >= 4 is 10.9 Å². The maximum atomic E-state index is 13.0. The zero-order chi connectivity index (χ0) is 10.1. The van der Waals surface area contributed by atoms with Crippen LogP contribution in [0.25, 0.3) is 10.9 Å². The molecule has 0 saturated heterocycles. The van der Waals surface area contributed by atoms with Crippen molar-refractivity contribution in [3.05, 3.63) is 35.8 Å². The fraction of sp³-hybridized carbons (Fsp3) is 0.273. The van der Waals surface area contributed by atoms with Crippen LogP contribution < -0.4 is 0 Å². The SMILES string of the molecule is CC[C@H](O)c1c[nH]c2ccc(F)cc12. The summed E-state index contributed by atoms with van der Waals surface area (Å²) in [7, 11) is 0. The number of H-pyrrole nitrogens is 1. The average molecular weight is 193 g/mol. The number of nitrogens with one attached hydrogen (secondary N) is 1. The number of benzene rings is 1. The van der Waals surface area contributed by atoms with Crippen LogP contribution in [-0.4, -0.2) is 10.1 Å². The van der Waals surface area contributed by atoms with E-state index >= 15 is 0 Å². The van der Waals surface area contributed by atoms with E-state index in [9.17, 15) is 9.50 Å². The molecule has 3 heteroatoms. The molecular formula is C11H12FNO. The Labute approximate surface area is 81.4 Å². The molecule has 1 aromatic heterocycles. The molecule has 2 aromatic rings. The molecule has 0 aliphatic rings. The first kappa shape index (κ1) is 9.21. The predicted octanol–water partition coefficient (Wildman–Crippen LogP) is 2.75. The van der Waals surface area contributed by atoms with E-state index in [0.717, 1.165) is 16.5 Å². The van der Waals surface area contributed by atoms with E-state index in [2.05, 4.69) is 4.98 Å². The summed E-state index contributed by atoms with van der Waals surface area (Å²) < 4.78 is 13.0. The van der Waals surface area contributed by atoms with Crippen molar-refractivity contribution in [1.29, 1.82) is 0 Å². The lowest BCUT2D eigenvalue weighted by Crippen LogP contribution is -1.93. The predicted molar refractivity (Wildman–Crippen MR) is 53.5 cm³/mol. The van der Waals surface area contributed by atoms with Crippen LogP contribution in [0.5, 0.6) is 0 Å². The molecule has 14 heavy (non-hydrogen) atoms. The molecule has 2 nitrogen and oxygen atoms in total. The van der Waals surface area contributed by atoms with Gasteiger partial charge in [-0.15, -0.1) is 0 Å². The lowest BCUT2D eigenvalue weighted by atomic mass is 10.1. The number of halogens is 1. The van der Waals surface area contributed by atoms with Gasteiger partial charge in [0.15, 0.2) is 0 Å². The number of rotatable bonds is 2. The first-order valence-electron chi connectivity index (χ1n) is 4.67. The number of aliphatic hydroxyl groups is 1. The van der Waals surface area contributed by atoms with Crippen LogP contribution in [0.4, 0.5) is 4.39 Å². The number of aromatic nitrogens is 1. The van der Waals surface area contributed by atoms with Crippen molar-refractivity contribution in [2.45, 2.75) is 19.4 Å². The third-order valence-corrected chi connectivity index (χ3v) is 2.42. The molecule has 1 atom stereocenters. The smallest absolute Gasteiger partial charge is 0.123 e. The Kier molecular flexibility index (Phi) is 2.25. The van der Waals surface area contributed by atoms with E-state index in [1.54, 1.807) is 12.3 Å². The molecule has 2 rings (SSSR count). The fourth-order valence-corrected chi connectivity index (χ4v) is 1.61. The van der Waals surface area contributed by atoms with Crippen molar-refractivity contribution in [3.63, 3.8) is 0 Å². The quantitative estimate of drug-likeness (QED) is 0.755. The third kappa shape index (κ3) is 1.40. The van der Waals surface area contributed by atoms with E-state index in [4.69, 9.17) is 0 Å². The molecule has 0 aliphatic heterocycles. The average Bonchev–Trinajstić information content (AvgIpc) is 2.59. The summed E-state index contributed by atoms with van der Waals surface area (Å²) >= 11 is 0. The van der Waals surface area contributed by atoms with Gasteiger partial charge in [0, 0.05) is 22.7 Å². The summed E-state index contributed by atoms with van der Waals surface area (Å²) in [5, 5.41) is 10.4. The molecule has 0 aliphatic carbocycles. The number of hydrogen-bond acceptors (Lipinski definition) is 1. The molecule has 0 amide bonds. The highest BCUT2D eigenvalue weighted by molar-refractivity contribution is 5.83. The highest BCUT2D eigenvalue weighted by Gasteiger charge is 2.11. The molecule has 1 aromatic carbocycles. The third-order valence-electron chi connectivity index (χ3n) is 2.42. The molecule has 0 bridgehead atoms. The minimum atomic E-state index is -0.523. The first-order chi connectivity index (χ1) is 6.72. The van der Waals surface area contributed by atoms with Crippen LogP contribution >= 0.6 is 0 Å². The van der Waals surface area contributed by atoms with Gasteiger partial charge in [-0.3, -0.25) is 0 Å². The summed E-state index contributed by atoms with van der Waals surface area (Å²) in [6, 6.07) is 4.53. The van der Waals surface area contributed by atoms with Gasteiger partial charge < -0.3 is 10.1 Å². The van der Waals surface area contributed by atoms with Gasteiger partial charge in [-0.2, -0.15) is 0 Å². The minimum Gasteiger partial charge on any atom is -0.388 e. The van der Waals surface area contributed by atoms with E-state index in [1.807, 2.05) is 6.92 Å². The number of fused-ring (bicyclic) bond motifs is 1. The molecule has 0 spiro atoms. The Morgan fingerprint density at radius 1 is 1.50 bits per heavy atom. The van der Waals surface area contributed by atoms with E-state index in [0.29, 0.717) is 6.42 Å². The van der Waals surface area contributed by atoms with Crippen molar-refractivity contribution in [2.24, 2.45) is 0 Å². The molecule has 0 saturated carbocycles. The largest absolute Gasteiger partial charge is 0.388 e. The topological polar surface area (TPSA) is 36.0 Å². The summed E-state index contributed by atoms with van der Waals surface area (Å²) in [6.07, 6.45) is 1.84. The molecule has 74 valence electrons. The van der Waals surface area contributed by atoms with Crippen LogP contribution in [-0.2, 0) is 0 Å². The second kappa shape index (κ2) is 3.42. The van der Waals surface area contributed by atoms with Gasteiger partial charge in [-0.05, 0) is 24.6 Å². The van der Waals surface area contributed by atoms with Crippen LogP contribution in [0.3, 0.4) is 0 Å². The van der Waals surface area contributed by atoms with Gasteiger partial charge in [0.2, 0.25) is 0 Å². The zero-order valence-electron chi connectivity index (χ0n) is 7.92. The van der Waals surface area contributed by atoms with Gasteiger partial charge in [-0.25, -0.2) is 4.39 Å². The highest BCUT2D eigenvalue weighted by atomic mass is 19.1. The lowest BCUT2D eigenvalue weighted by molar-refractivity contribution is 0.175. The Morgan fingerprint density at radius 3 is 3.00 bits per heavy atom. The van der Waals surface area contributed by atoms with Crippen LogP contribution in [0.15, 0.2) is 24.4 Å². The van der Waals surface area contributed by atoms with E-state index in [1.165, 1.54) is 12.1 Å². The normalized spacial score (nSPS) is 13.4. The second-order valence-electron chi connectivity index (χ2n) is 3.36. The van der Waals surface area contributed by atoms with Crippen LogP contribution in [0.2, 0.25) is 0 Å². The van der Waals surface area contributed by atoms with Crippen molar-refractivity contribution < 1.29 is 9.50 Å². The Bertz CT molecular complexity index is 449. The standard InChI is InChI=1S/C11H12FNO/c1-2-11(14)9-6-13-10-4-3-7(12)5-8(9)10/h3-6,11,13-14H,2H2,1H3/t11-/m0/s1.